The van der Waals surface area contributed by atoms with Crippen molar-refractivity contribution in [3.8, 4) is 0 Å². The number of thiazole rings is 1. The molecule has 3 rings (SSSR count). The number of hydrogen-bond donors (Lipinski definition) is 0. The Hall–Kier alpha value is -2.41. The highest BCUT2D eigenvalue weighted by molar-refractivity contribution is 7.89. The zero-order chi connectivity index (χ0) is 26.1. The van der Waals surface area contributed by atoms with Crippen LogP contribution in [0.15, 0.2) is 52.4 Å². The first-order chi connectivity index (χ1) is 17.3. The SMILES string of the molecule is CCOCCn1c(=NC(=O)c2ccc(S(=O)(=O)N(CCOC)CCOC)cc2)sc2cc(C)ccc21. The van der Waals surface area contributed by atoms with Crippen LogP contribution >= 0.6 is 11.3 Å². The quantitative estimate of drug-likeness (QED) is 0.312. The molecule has 2 aromatic carbocycles. The summed E-state index contributed by atoms with van der Waals surface area (Å²) < 4.78 is 46.1. The lowest BCUT2D eigenvalue weighted by Crippen LogP contribution is -2.36. The second-order valence-corrected chi connectivity index (χ2v) is 11.0. The van der Waals surface area contributed by atoms with Crippen molar-refractivity contribution in [3.63, 3.8) is 0 Å². The number of aryl methyl sites for hydroxylation is 1. The summed E-state index contributed by atoms with van der Waals surface area (Å²) in [7, 11) is -0.738. The van der Waals surface area contributed by atoms with E-state index in [0.29, 0.717) is 30.1 Å². The van der Waals surface area contributed by atoms with Gasteiger partial charge in [0.05, 0.1) is 34.9 Å². The van der Waals surface area contributed by atoms with E-state index in [0.717, 1.165) is 15.8 Å². The molecule has 196 valence electrons. The Bertz CT molecular complexity index is 1320. The Morgan fingerprint density at radius 3 is 2.31 bits per heavy atom. The molecule has 3 aromatic rings. The average molecular weight is 536 g/mol. The fourth-order valence-corrected chi connectivity index (χ4v) is 6.15. The van der Waals surface area contributed by atoms with Crippen molar-refractivity contribution in [3.05, 3.63) is 58.4 Å². The van der Waals surface area contributed by atoms with Gasteiger partial charge in [0.2, 0.25) is 10.0 Å². The normalized spacial score (nSPS) is 12.6. The maximum absolute atomic E-state index is 13.1. The van der Waals surface area contributed by atoms with Crippen LogP contribution in [0.1, 0.15) is 22.8 Å². The summed E-state index contributed by atoms with van der Waals surface area (Å²) >= 11 is 1.44. The van der Waals surface area contributed by atoms with E-state index in [1.165, 1.54) is 54.1 Å². The van der Waals surface area contributed by atoms with Gasteiger partial charge in [-0.3, -0.25) is 4.79 Å². The van der Waals surface area contributed by atoms with Crippen LogP contribution in [0.25, 0.3) is 10.2 Å². The van der Waals surface area contributed by atoms with E-state index in [2.05, 4.69) is 11.1 Å². The molecule has 0 aliphatic rings. The van der Waals surface area contributed by atoms with Crippen molar-refractivity contribution >= 4 is 37.5 Å². The maximum Gasteiger partial charge on any atom is 0.279 e. The van der Waals surface area contributed by atoms with Gasteiger partial charge in [0, 0.05) is 46.0 Å². The van der Waals surface area contributed by atoms with Crippen molar-refractivity contribution < 1.29 is 27.4 Å². The molecular weight excluding hydrogens is 502 g/mol. The summed E-state index contributed by atoms with van der Waals surface area (Å²) in [5.41, 5.74) is 2.42. The molecule has 0 N–H and O–H groups in total. The highest BCUT2D eigenvalue weighted by atomic mass is 32.2. The molecule has 0 atom stereocenters. The summed E-state index contributed by atoms with van der Waals surface area (Å²) in [5.74, 6) is -0.442. The number of sulfonamides is 1. The maximum atomic E-state index is 13.1. The van der Waals surface area contributed by atoms with E-state index in [1.807, 2.05) is 30.5 Å². The Morgan fingerprint density at radius 1 is 1.03 bits per heavy atom. The summed E-state index contributed by atoms with van der Waals surface area (Å²) in [6.45, 7) is 6.56. The highest BCUT2D eigenvalue weighted by Crippen LogP contribution is 2.20. The van der Waals surface area contributed by atoms with Gasteiger partial charge in [0.1, 0.15) is 0 Å². The van der Waals surface area contributed by atoms with Gasteiger partial charge in [-0.2, -0.15) is 9.30 Å². The molecular formula is C25H33N3O6S2. The molecule has 9 nitrogen and oxygen atoms in total. The van der Waals surface area contributed by atoms with E-state index in [-0.39, 0.29) is 31.2 Å². The lowest BCUT2D eigenvalue weighted by atomic mass is 10.2. The van der Waals surface area contributed by atoms with E-state index in [1.54, 1.807) is 0 Å². The predicted molar refractivity (Wildman–Crippen MR) is 140 cm³/mol. The van der Waals surface area contributed by atoms with Crippen molar-refractivity contribution in [1.82, 2.24) is 8.87 Å². The molecule has 1 amide bonds. The second kappa shape index (κ2) is 13.2. The summed E-state index contributed by atoms with van der Waals surface area (Å²) in [6.07, 6.45) is 0. The number of nitrogens with zero attached hydrogens (tertiary/aromatic N) is 3. The molecule has 0 aliphatic heterocycles. The molecule has 0 bridgehead atoms. The van der Waals surface area contributed by atoms with Crippen LogP contribution in [0.2, 0.25) is 0 Å². The third-order valence-electron chi connectivity index (χ3n) is 5.53. The van der Waals surface area contributed by atoms with Crippen LogP contribution in [0.5, 0.6) is 0 Å². The van der Waals surface area contributed by atoms with Gasteiger partial charge in [-0.05, 0) is 55.8 Å². The van der Waals surface area contributed by atoms with Gasteiger partial charge in [-0.15, -0.1) is 0 Å². The fourth-order valence-electron chi connectivity index (χ4n) is 3.59. The molecule has 1 heterocycles. The van der Waals surface area contributed by atoms with Crippen LogP contribution in [0.4, 0.5) is 0 Å². The van der Waals surface area contributed by atoms with E-state index >= 15 is 0 Å². The minimum Gasteiger partial charge on any atom is -0.383 e. The van der Waals surface area contributed by atoms with Crippen LogP contribution in [-0.2, 0) is 30.8 Å². The summed E-state index contributed by atoms with van der Waals surface area (Å²) in [4.78, 5) is 18.1. The number of fused-ring (bicyclic) bond motifs is 1. The first kappa shape index (κ1) is 28.2. The van der Waals surface area contributed by atoms with Crippen LogP contribution in [-0.4, -0.2) is 76.9 Å². The van der Waals surface area contributed by atoms with Gasteiger partial charge in [0.15, 0.2) is 4.80 Å². The van der Waals surface area contributed by atoms with Crippen LogP contribution < -0.4 is 4.80 Å². The number of hydrogen-bond acceptors (Lipinski definition) is 7. The number of amides is 1. The molecule has 0 spiro atoms. The third kappa shape index (κ3) is 6.87. The van der Waals surface area contributed by atoms with Crippen molar-refractivity contribution in [2.45, 2.75) is 25.3 Å². The molecule has 0 saturated carbocycles. The molecule has 36 heavy (non-hydrogen) atoms. The van der Waals surface area contributed by atoms with E-state index in [9.17, 15) is 13.2 Å². The first-order valence-electron chi connectivity index (χ1n) is 11.7. The van der Waals surface area contributed by atoms with Crippen molar-refractivity contribution in [2.24, 2.45) is 4.99 Å². The van der Waals surface area contributed by atoms with Gasteiger partial charge < -0.3 is 18.8 Å². The number of benzene rings is 2. The molecule has 0 unspecified atom stereocenters. The Balaban J connectivity index is 1.90. The highest BCUT2D eigenvalue weighted by Gasteiger charge is 2.24. The molecule has 0 saturated heterocycles. The Morgan fingerprint density at radius 2 is 1.69 bits per heavy atom. The van der Waals surface area contributed by atoms with Gasteiger partial charge in [0.25, 0.3) is 5.91 Å². The number of ether oxygens (including phenoxy) is 3. The van der Waals surface area contributed by atoms with Crippen LogP contribution in [0.3, 0.4) is 0 Å². The van der Waals surface area contributed by atoms with Crippen LogP contribution in [0, 0.1) is 6.92 Å². The zero-order valence-electron chi connectivity index (χ0n) is 21.1. The average Bonchev–Trinajstić information content (AvgIpc) is 3.19. The molecule has 0 aliphatic carbocycles. The molecule has 1 aromatic heterocycles. The molecule has 11 heteroatoms. The Labute approximate surface area is 216 Å². The fraction of sp³-hybridized carbons (Fsp3) is 0.440. The first-order valence-corrected chi connectivity index (χ1v) is 13.9. The summed E-state index contributed by atoms with van der Waals surface area (Å²) in [5, 5.41) is 0. The van der Waals surface area contributed by atoms with E-state index in [4.69, 9.17) is 14.2 Å². The van der Waals surface area contributed by atoms with Crippen molar-refractivity contribution in [1.29, 1.82) is 0 Å². The topological polar surface area (TPSA) is 99.4 Å². The second-order valence-electron chi connectivity index (χ2n) is 8.04. The zero-order valence-corrected chi connectivity index (χ0v) is 22.7. The number of carbonyl (C=O) groups excluding carboxylic acids is 1. The molecule has 0 radical (unpaired) electrons. The molecule has 0 fully saturated rings. The predicted octanol–water partition coefficient (Wildman–Crippen LogP) is 3.07. The van der Waals surface area contributed by atoms with Crippen molar-refractivity contribution in [2.75, 3.05) is 53.7 Å². The number of carbonyl (C=O) groups is 1. The minimum atomic E-state index is -3.77. The van der Waals surface area contributed by atoms with Gasteiger partial charge in [-0.25, -0.2) is 8.42 Å². The third-order valence-corrected chi connectivity index (χ3v) is 8.48. The summed E-state index contributed by atoms with van der Waals surface area (Å²) in [6, 6.07) is 12.0. The number of rotatable bonds is 13. The largest absolute Gasteiger partial charge is 0.383 e. The monoisotopic (exact) mass is 535 g/mol. The number of methoxy groups -OCH3 is 2. The minimum absolute atomic E-state index is 0.0929. The standard InChI is InChI=1S/C25H33N3O6S2/c1-5-34-17-14-28-22-11-6-19(2)18-23(22)35-25(28)26-24(29)20-7-9-21(10-8-20)36(30,31)27(12-15-32-3)13-16-33-4/h6-11,18H,5,12-17H2,1-4H3. The lowest BCUT2D eigenvalue weighted by molar-refractivity contribution is 0.0996. The lowest BCUT2D eigenvalue weighted by Gasteiger charge is -2.21. The van der Waals surface area contributed by atoms with Gasteiger partial charge in [-0.1, -0.05) is 17.4 Å². The smallest absolute Gasteiger partial charge is 0.279 e. The van der Waals surface area contributed by atoms with Gasteiger partial charge >= 0.3 is 0 Å². The Kier molecular flexibility index (Phi) is 10.3. The number of aromatic nitrogens is 1. The van der Waals surface area contributed by atoms with E-state index < -0.39 is 15.9 Å².